The van der Waals surface area contributed by atoms with Gasteiger partial charge in [-0.2, -0.15) is 0 Å². The molecular formula is C23H27N7O2. The van der Waals surface area contributed by atoms with Gasteiger partial charge in [-0.25, -0.2) is 9.78 Å². The molecule has 0 unspecified atom stereocenters. The van der Waals surface area contributed by atoms with Crippen LogP contribution in [0.3, 0.4) is 0 Å². The Balaban J connectivity index is 1.28. The van der Waals surface area contributed by atoms with Gasteiger partial charge in [-0.05, 0) is 62.4 Å². The molecule has 0 bridgehead atoms. The summed E-state index contributed by atoms with van der Waals surface area (Å²) in [6.45, 7) is 7.10. The molecule has 0 spiro atoms. The molecule has 3 aromatic rings. The van der Waals surface area contributed by atoms with Crippen molar-refractivity contribution < 1.29 is 9.53 Å². The average molecular weight is 434 g/mol. The number of aromatic nitrogens is 3. The number of aryl methyl sites for hydroxylation is 1. The smallest absolute Gasteiger partial charge is 0.321 e. The van der Waals surface area contributed by atoms with Crippen molar-refractivity contribution in [2.45, 2.75) is 13.8 Å². The number of pyridine rings is 1. The zero-order valence-electron chi connectivity index (χ0n) is 18.3. The number of carbonyl (C=O) groups is 1. The molecule has 1 aromatic carbocycles. The molecule has 9 nitrogen and oxygen atoms in total. The van der Waals surface area contributed by atoms with Gasteiger partial charge in [-0.3, -0.25) is 0 Å². The van der Waals surface area contributed by atoms with E-state index in [1.54, 1.807) is 4.90 Å². The second-order valence-corrected chi connectivity index (χ2v) is 7.43. The van der Waals surface area contributed by atoms with Crippen LogP contribution in [0.1, 0.15) is 12.6 Å². The highest BCUT2D eigenvalue weighted by Gasteiger charge is 2.22. The molecule has 1 aliphatic heterocycles. The summed E-state index contributed by atoms with van der Waals surface area (Å²) in [4.78, 5) is 20.9. The summed E-state index contributed by atoms with van der Waals surface area (Å²) >= 11 is 0. The fraction of sp³-hybridized carbons (Fsp3) is 0.304. The van der Waals surface area contributed by atoms with Gasteiger partial charge in [0.1, 0.15) is 11.6 Å². The Morgan fingerprint density at radius 2 is 1.75 bits per heavy atom. The maximum absolute atomic E-state index is 12.6. The number of nitrogens with zero attached hydrogens (tertiary/aromatic N) is 5. The monoisotopic (exact) mass is 433 g/mol. The van der Waals surface area contributed by atoms with Gasteiger partial charge in [0.2, 0.25) is 0 Å². The van der Waals surface area contributed by atoms with Crippen molar-refractivity contribution in [3.8, 4) is 5.75 Å². The van der Waals surface area contributed by atoms with Crippen LogP contribution in [0.15, 0.2) is 54.6 Å². The van der Waals surface area contributed by atoms with Gasteiger partial charge in [-0.15, -0.1) is 10.2 Å². The number of amides is 2. The van der Waals surface area contributed by atoms with Gasteiger partial charge in [-0.1, -0.05) is 6.07 Å². The van der Waals surface area contributed by atoms with E-state index < -0.39 is 0 Å². The lowest BCUT2D eigenvalue weighted by Gasteiger charge is -2.35. The standard InChI is InChI=1S/C23H27N7O2/c1-3-32-19-9-7-18(8-10-19)25-23(31)30-15-13-29(14-16-30)22-12-11-21(27-28-22)26-20-6-4-5-17(2)24-20/h4-12H,3,13-16H2,1-2H3,(H,25,31)(H,24,26,27). The number of ether oxygens (including phenoxy) is 1. The molecule has 1 fully saturated rings. The first-order valence-electron chi connectivity index (χ1n) is 10.7. The molecule has 32 heavy (non-hydrogen) atoms. The Morgan fingerprint density at radius 3 is 2.41 bits per heavy atom. The highest BCUT2D eigenvalue weighted by Crippen LogP contribution is 2.19. The number of rotatable bonds is 6. The second-order valence-electron chi connectivity index (χ2n) is 7.43. The van der Waals surface area contributed by atoms with E-state index in [0.717, 1.165) is 28.8 Å². The molecular weight excluding hydrogens is 406 g/mol. The summed E-state index contributed by atoms with van der Waals surface area (Å²) in [6.07, 6.45) is 0. The zero-order chi connectivity index (χ0) is 22.3. The molecule has 1 aliphatic rings. The number of piperazine rings is 1. The summed E-state index contributed by atoms with van der Waals surface area (Å²) in [5.41, 5.74) is 1.68. The third-order valence-corrected chi connectivity index (χ3v) is 5.10. The van der Waals surface area contributed by atoms with Crippen molar-refractivity contribution in [1.82, 2.24) is 20.1 Å². The van der Waals surface area contributed by atoms with Crippen molar-refractivity contribution in [3.63, 3.8) is 0 Å². The van der Waals surface area contributed by atoms with Crippen LogP contribution in [0.5, 0.6) is 5.75 Å². The third-order valence-electron chi connectivity index (χ3n) is 5.10. The largest absolute Gasteiger partial charge is 0.494 e. The fourth-order valence-electron chi connectivity index (χ4n) is 3.45. The van der Waals surface area contributed by atoms with Crippen LogP contribution in [0.4, 0.5) is 27.9 Å². The van der Waals surface area contributed by atoms with E-state index in [9.17, 15) is 4.79 Å². The maximum Gasteiger partial charge on any atom is 0.321 e. The topological polar surface area (TPSA) is 95.5 Å². The summed E-state index contributed by atoms with van der Waals surface area (Å²) in [5, 5.41) is 14.7. The van der Waals surface area contributed by atoms with Crippen molar-refractivity contribution in [2.75, 3.05) is 48.3 Å². The van der Waals surface area contributed by atoms with Gasteiger partial charge in [0.15, 0.2) is 11.6 Å². The maximum atomic E-state index is 12.6. The summed E-state index contributed by atoms with van der Waals surface area (Å²) in [6, 6.07) is 16.9. The molecule has 1 saturated heterocycles. The van der Waals surface area contributed by atoms with Gasteiger partial charge < -0.3 is 25.2 Å². The number of nitrogens with one attached hydrogen (secondary N) is 2. The molecule has 9 heteroatoms. The molecule has 0 saturated carbocycles. The number of benzene rings is 1. The Hall–Kier alpha value is -3.88. The molecule has 4 rings (SSSR count). The number of urea groups is 1. The normalized spacial score (nSPS) is 13.6. The lowest BCUT2D eigenvalue weighted by atomic mass is 10.3. The highest BCUT2D eigenvalue weighted by atomic mass is 16.5. The molecule has 2 aromatic heterocycles. The van der Waals surface area contributed by atoms with Crippen LogP contribution >= 0.6 is 0 Å². The van der Waals surface area contributed by atoms with E-state index in [2.05, 4.69) is 30.7 Å². The van der Waals surface area contributed by atoms with Crippen molar-refractivity contribution in [2.24, 2.45) is 0 Å². The Labute approximate surface area is 187 Å². The van der Waals surface area contributed by atoms with Crippen LogP contribution in [0.2, 0.25) is 0 Å². The SMILES string of the molecule is CCOc1ccc(NC(=O)N2CCN(c3ccc(Nc4cccc(C)n4)nn3)CC2)cc1. The fourth-order valence-corrected chi connectivity index (χ4v) is 3.45. The van der Waals surface area contributed by atoms with Gasteiger partial charge in [0.25, 0.3) is 0 Å². The molecule has 0 atom stereocenters. The van der Waals surface area contributed by atoms with Crippen LogP contribution in [0.25, 0.3) is 0 Å². The number of hydrogen-bond acceptors (Lipinski definition) is 7. The van der Waals surface area contributed by atoms with E-state index in [1.807, 2.05) is 68.4 Å². The minimum absolute atomic E-state index is 0.106. The predicted molar refractivity (Wildman–Crippen MR) is 125 cm³/mol. The summed E-state index contributed by atoms with van der Waals surface area (Å²) in [7, 11) is 0. The zero-order valence-corrected chi connectivity index (χ0v) is 18.3. The number of hydrogen-bond donors (Lipinski definition) is 2. The number of carbonyl (C=O) groups excluding carboxylic acids is 1. The highest BCUT2D eigenvalue weighted by molar-refractivity contribution is 5.89. The third kappa shape index (κ3) is 5.42. The molecule has 2 amide bonds. The van der Waals surface area contributed by atoms with Crippen molar-refractivity contribution in [3.05, 3.63) is 60.3 Å². The lowest BCUT2D eigenvalue weighted by Crippen LogP contribution is -2.50. The molecule has 0 radical (unpaired) electrons. The quantitative estimate of drug-likeness (QED) is 0.612. The second kappa shape index (κ2) is 9.95. The van der Waals surface area contributed by atoms with Crippen LogP contribution < -0.4 is 20.3 Å². The minimum Gasteiger partial charge on any atom is -0.494 e. The molecule has 3 heterocycles. The van der Waals surface area contributed by atoms with Gasteiger partial charge in [0, 0.05) is 37.6 Å². The summed E-state index contributed by atoms with van der Waals surface area (Å²) < 4.78 is 5.43. The van der Waals surface area contributed by atoms with Crippen molar-refractivity contribution in [1.29, 1.82) is 0 Å². The molecule has 0 aliphatic carbocycles. The molecule has 166 valence electrons. The van der Waals surface area contributed by atoms with Gasteiger partial charge >= 0.3 is 6.03 Å². The van der Waals surface area contributed by atoms with E-state index in [4.69, 9.17) is 4.74 Å². The van der Waals surface area contributed by atoms with Crippen LogP contribution in [-0.2, 0) is 0 Å². The van der Waals surface area contributed by atoms with E-state index in [1.165, 1.54) is 0 Å². The lowest BCUT2D eigenvalue weighted by molar-refractivity contribution is 0.208. The molecule has 2 N–H and O–H groups in total. The van der Waals surface area contributed by atoms with E-state index >= 15 is 0 Å². The first kappa shape index (κ1) is 21.4. The number of anilines is 4. The predicted octanol–water partition coefficient (Wildman–Crippen LogP) is 3.68. The van der Waals surface area contributed by atoms with Crippen LogP contribution in [-0.4, -0.2) is 58.9 Å². The van der Waals surface area contributed by atoms with E-state index in [-0.39, 0.29) is 6.03 Å². The average Bonchev–Trinajstić information content (AvgIpc) is 2.81. The minimum atomic E-state index is -0.106. The first-order valence-corrected chi connectivity index (χ1v) is 10.7. The van der Waals surface area contributed by atoms with E-state index in [0.29, 0.717) is 38.6 Å². The van der Waals surface area contributed by atoms with Gasteiger partial charge in [0.05, 0.1) is 6.61 Å². The Kier molecular flexibility index (Phi) is 6.64. The van der Waals surface area contributed by atoms with Crippen LogP contribution in [0, 0.1) is 6.92 Å². The summed E-state index contributed by atoms with van der Waals surface area (Å²) in [5.74, 6) is 2.95. The van der Waals surface area contributed by atoms with Crippen molar-refractivity contribution >= 4 is 29.2 Å². The first-order chi connectivity index (χ1) is 15.6. The Bertz CT molecular complexity index is 1030. The Morgan fingerprint density at radius 1 is 0.969 bits per heavy atom.